The van der Waals surface area contributed by atoms with Gasteiger partial charge in [-0.25, -0.2) is 0 Å². The van der Waals surface area contributed by atoms with Crippen LogP contribution in [-0.4, -0.2) is 25.3 Å². The predicted octanol–water partition coefficient (Wildman–Crippen LogP) is 2.13. The van der Waals surface area contributed by atoms with E-state index in [-0.39, 0.29) is 17.4 Å². The van der Waals surface area contributed by atoms with Crippen LogP contribution in [0.3, 0.4) is 0 Å². The molecule has 0 saturated heterocycles. The van der Waals surface area contributed by atoms with Crippen LogP contribution in [0.25, 0.3) is 11.5 Å². The van der Waals surface area contributed by atoms with Crippen LogP contribution in [0.15, 0.2) is 47.1 Å². The molecule has 0 spiro atoms. The number of aromatic nitrogens is 3. The van der Waals surface area contributed by atoms with E-state index in [9.17, 15) is 10.2 Å². The van der Waals surface area contributed by atoms with Crippen LogP contribution in [0.1, 0.15) is 11.5 Å². The van der Waals surface area contributed by atoms with Gasteiger partial charge >= 0.3 is 0 Å². The molecule has 3 rings (SSSR count). The van der Waals surface area contributed by atoms with Gasteiger partial charge in [0.15, 0.2) is 5.82 Å². The highest BCUT2D eigenvalue weighted by atomic mass is 16.5. The van der Waals surface area contributed by atoms with E-state index in [1.165, 1.54) is 18.2 Å². The fourth-order valence-corrected chi connectivity index (χ4v) is 1.80. The lowest BCUT2D eigenvalue weighted by Crippen LogP contribution is -1.93. The van der Waals surface area contributed by atoms with Crippen LogP contribution < -0.4 is 0 Å². The number of hydrogen-bond donors (Lipinski definition) is 2. The van der Waals surface area contributed by atoms with E-state index in [1.807, 2.05) is 18.2 Å². The van der Waals surface area contributed by atoms with E-state index < -0.39 is 0 Å². The topological polar surface area (TPSA) is 92.3 Å². The van der Waals surface area contributed by atoms with E-state index in [0.29, 0.717) is 17.8 Å². The minimum atomic E-state index is -0.113. The molecule has 3 aromatic rings. The highest BCUT2D eigenvalue weighted by Gasteiger charge is 2.13. The van der Waals surface area contributed by atoms with Crippen molar-refractivity contribution >= 4 is 0 Å². The average molecular weight is 269 g/mol. The number of rotatable bonds is 3. The van der Waals surface area contributed by atoms with Gasteiger partial charge in [-0.2, -0.15) is 4.98 Å². The molecule has 0 bridgehead atoms. The smallest absolute Gasteiger partial charge is 0.261 e. The van der Waals surface area contributed by atoms with E-state index >= 15 is 0 Å². The molecule has 0 atom stereocenters. The molecule has 6 heteroatoms. The maximum absolute atomic E-state index is 9.74. The predicted molar refractivity (Wildman–Crippen MR) is 70.1 cm³/mol. The number of phenols is 2. The van der Waals surface area contributed by atoms with Crippen LogP contribution in [0.4, 0.5) is 0 Å². The molecule has 0 unspecified atom stereocenters. The van der Waals surface area contributed by atoms with Crippen LogP contribution in [0.2, 0.25) is 0 Å². The zero-order valence-corrected chi connectivity index (χ0v) is 10.4. The molecule has 0 aliphatic carbocycles. The van der Waals surface area contributed by atoms with Gasteiger partial charge in [0.1, 0.15) is 11.5 Å². The first-order valence-electron chi connectivity index (χ1n) is 5.97. The second kappa shape index (κ2) is 5.00. The van der Waals surface area contributed by atoms with Crippen molar-refractivity contribution in [3.8, 4) is 23.0 Å². The fraction of sp³-hybridized carbons (Fsp3) is 0.0714. The number of nitrogens with zero attached hydrogens (tertiary/aromatic N) is 3. The fourth-order valence-electron chi connectivity index (χ4n) is 1.80. The van der Waals surface area contributed by atoms with Crippen LogP contribution >= 0.6 is 0 Å². The molecule has 0 fully saturated rings. The lowest BCUT2D eigenvalue weighted by Gasteiger charge is -1.99. The summed E-state index contributed by atoms with van der Waals surface area (Å²) in [6.07, 6.45) is 2.14. The third-order valence-electron chi connectivity index (χ3n) is 2.75. The molecule has 0 saturated carbocycles. The quantitative estimate of drug-likeness (QED) is 0.756. The molecule has 1 aromatic carbocycles. The minimum absolute atomic E-state index is 0.0283. The molecule has 2 aromatic heterocycles. The van der Waals surface area contributed by atoms with Crippen molar-refractivity contribution in [2.24, 2.45) is 0 Å². The van der Waals surface area contributed by atoms with E-state index in [4.69, 9.17) is 4.52 Å². The monoisotopic (exact) mass is 269 g/mol. The first-order chi connectivity index (χ1) is 9.72. The van der Waals surface area contributed by atoms with Crippen LogP contribution in [-0.2, 0) is 6.42 Å². The third kappa shape index (κ3) is 2.44. The molecule has 100 valence electrons. The molecule has 0 aliphatic rings. The van der Waals surface area contributed by atoms with E-state index in [0.717, 1.165) is 5.69 Å². The standard InChI is InChI=1S/C14H11N3O3/c18-10-4-5-11(12(19)8-10)14-16-13(17-20-14)7-9-3-1-2-6-15-9/h1-6,8,18-19H,7H2. The highest BCUT2D eigenvalue weighted by Crippen LogP contribution is 2.30. The summed E-state index contributed by atoms with van der Waals surface area (Å²) in [5.74, 6) is 0.539. The zero-order valence-electron chi connectivity index (χ0n) is 10.4. The van der Waals surface area contributed by atoms with Crippen molar-refractivity contribution in [1.29, 1.82) is 0 Å². The Kier molecular flexibility index (Phi) is 3.04. The van der Waals surface area contributed by atoms with Crippen LogP contribution in [0, 0.1) is 0 Å². The van der Waals surface area contributed by atoms with Crippen molar-refractivity contribution in [1.82, 2.24) is 15.1 Å². The van der Waals surface area contributed by atoms with Gasteiger partial charge in [0, 0.05) is 18.0 Å². The molecule has 0 radical (unpaired) electrons. The van der Waals surface area contributed by atoms with Gasteiger partial charge in [0.2, 0.25) is 0 Å². The summed E-state index contributed by atoms with van der Waals surface area (Å²) in [4.78, 5) is 8.39. The molecule has 20 heavy (non-hydrogen) atoms. The third-order valence-corrected chi connectivity index (χ3v) is 2.75. The Morgan fingerprint density at radius 2 is 2.00 bits per heavy atom. The summed E-state index contributed by atoms with van der Waals surface area (Å²) in [6.45, 7) is 0. The highest BCUT2D eigenvalue weighted by molar-refractivity contribution is 5.63. The summed E-state index contributed by atoms with van der Waals surface area (Å²) < 4.78 is 5.11. The van der Waals surface area contributed by atoms with E-state index in [1.54, 1.807) is 6.20 Å². The van der Waals surface area contributed by atoms with Crippen molar-refractivity contribution in [2.75, 3.05) is 0 Å². The average Bonchev–Trinajstić information content (AvgIpc) is 2.88. The Balaban J connectivity index is 1.87. The Hall–Kier alpha value is -2.89. The lowest BCUT2D eigenvalue weighted by molar-refractivity contribution is 0.416. The maximum Gasteiger partial charge on any atom is 0.261 e. The molecule has 0 aliphatic heterocycles. The Morgan fingerprint density at radius 3 is 2.75 bits per heavy atom. The van der Waals surface area contributed by atoms with Crippen molar-refractivity contribution < 1.29 is 14.7 Å². The number of hydrogen-bond acceptors (Lipinski definition) is 6. The summed E-state index contributed by atoms with van der Waals surface area (Å²) in [6, 6.07) is 9.77. The molecule has 2 heterocycles. The van der Waals surface area contributed by atoms with Gasteiger partial charge in [-0.15, -0.1) is 0 Å². The lowest BCUT2D eigenvalue weighted by atomic mass is 10.2. The summed E-state index contributed by atoms with van der Waals surface area (Å²) in [5.41, 5.74) is 1.21. The van der Waals surface area contributed by atoms with Crippen LogP contribution in [0.5, 0.6) is 11.5 Å². The van der Waals surface area contributed by atoms with Gasteiger partial charge in [-0.1, -0.05) is 11.2 Å². The Morgan fingerprint density at radius 1 is 1.10 bits per heavy atom. The number of benzene rings is 1. The second-order valence-electron chi connectivity index (χ2n) is 4.22. The maximum atomic E-state index is 9.74. The van der Waals surface area contributed by atoms with E-state index in [2.05, 4.69) is 15.1 Å². The SMILES string of the molecule is Oc1ccc(-c2nc(Cc3ccccn3)no2)c(O)c1. The van der Waals surface area contributed by atoms with Gasteiger partial charge in [0.05, 0.1) is 12.0 Å². The molecule has 2 N–H and O–H groups in total. The van der Waals surface area contributed by atoms with Gasteiger partial charge in [-0.05, 0) is 24.3 Å². The Bertz CT molecular complexity index is 726. The Labute approximate surface area is 114 Å². The minimum Gasteiger partial charge on any atom is -0.508 e. The summed E-state index contributed by atoms with van der Waals surface area (Å²) >= 11 is 0. The van der Waals surface area contributed by atoms with Crippen molar-refractivity contribution in [3.05, 3.63) is 54.1 Å². The largest absolute Gasteiger partial charge is 0.508 e. The van der Waals surface area contributed by atoms with Gasteiger partial charge in [0.25, 0.3) is 5.89 Å². The first-order valence-corrected chi connectivity index (χ1v) is 5.97. The molecule has 0 amide bonds. The summed E-state index contributed by atoms with van der Waals surface area (Å²) in [5, 5.41) is 22.8. The van der Waals surface area contributed by atoms with Crippen molar-refractivity contribution in [3.63, 3.8) is 0 Å². The molecular weight excluding hydrogens is 258 g/mol. The summed E-state index contributed by atoms with van der Waals surface area (Å²) in [7, 11) is 0. The first kappa shape index (κ1) is 12.2. The molecule has 6 nitrogen and oxygen atoms in total. The van der Waals surface area contributed by atoms with Crippen molar-refractivity contribution in [2.45, 2.75) is 6.42 Å². The van der Waals surface area contributed by atoms with Gasteiger partial charge < -0.3 is 14.7 Å². The second-order valence-corrected chi connectivity index (χ2v) is 4.22. The van der Waals surface area contributed by atoms with Gasteiger partial charge in [-0.3, -0.25) is 4.98 Å². The number of phenolic OH excluding ortho intramolecular Hbond substituents is 2. The number of pyridine rings is 1. The zero-order chi connectivity index (χ0) is 13.9. The normalized spacial score (nSPS) is 10.6. The molecular formula is C14H11N3O3. The number of aromatic hydroxyl groups is 2.